The maximum Gasteiger partial charge on any atom is 0.137 e. The molecule has 4 nitrogen and oxygen atoms in total. The Kier molecular flexibility index (Phi) is 4.55. The van der Waals surface area contributed by atoms with Crippen LogP contribution in [0.1, 0.15) is 0 Å². The van der Waals surface area contributed by atoms with Crippen LogP contribution in [0, 0.1) is 0 Å². The molecule has 0 amide bonds. The van der Waals surface area contributed by atoms with Crippen LogP contribution in [0.15, 0.2) is 153 Å². The molecule has 46 heavy (non-hydrogen) atoms. The minimum absolute atomic E-state index is 0.875. The molecule has 4 aromatic heterocycles. The topological polar surface area (TPSA) is 44.4 Å². The van der Waals surface area contributed by atoms with Gasteiger partial charge in [0.15, 0.2) is 0 Å². The first-order valence-electron chi connectivity index (χ1n) is 15.5. The monoisotopic (exact) mass is 589 g/mol. The fourth-order valence-electron chi connectivity index (χ4n) is 7.46. The van der Waals surface area contributed by atoms with E-state index >= 15 is 0 Å². The third-order valence-electron chi connectivity index (χ3n) is 9.58. The Balaban J connectivity index is 1.21. The molecule has 0 N–H and O–H groups in total. The molecular formula is C42H23NO3. The van der Waals surface area contributed by atoms with Crippen molar-refractivity contribution in [2.45, 2.75) is 0 Å². The minimum Gasteiger partial charge on any atom is -0.456 e. The summed E-state index contributed by atoms with van der Waals surface area (Å²) in [6, 6.07) is 49.0. The first-order chi connectivity index (χ1) is 22.8. The van der Waals surface area contributed by atoms with Gasteiger partial charge in [-0.3, -0.25) is 0 Å². The lowest BCUT2D eigenvalue weighted by molar-refractivity contribution is 0.668. The lowest BCUT2D eigenvalue weighted by Gasteiger charge is -2.10. The average molecular weight is 590 g/mol. The van der Waals surface area contributed by atoms with Crippen LogP contribution in [-0.4, -0.2) is 4.57 Å². The molecule has 0 aliphatic rings. The van der Waals surface area contributed by atoms with E-state index in [-0.39, 0.29) is 0 Å². The molecule has 0 fully saturated rings. The zero-order valence-corrected chi connectivity index (χ0v) is 24.5. The van der Waals surface area contributed by atoms with Crippen LogP contribution in [0.25, 0.3) is 104 Å². The second-order valence-corrected chi connectivity index (χ2v) is 12.1. The van der Waals surface area contributed by atoms with Crippen LogP contribution in [-0.2, 0) is 0 Å². The Bertz CT molecular complexity index is 2910. The third kappa shape index (κ3) is 3.22. The van der Waals surface area contributed by atoms with E-state index in [0.29, 0.717) is 0 Å². The van der Waals surface area contributed by atoms with Crippen LogP contribution in [0.5, 0.6) is 0 Å². The van der Waals surface area contributed by atoms with Crippen molar-refractivity contribution in [1.29, 1.82) is 0 Å². The summed E-state index contributed by atoms with van der Waals surface area (Å²) in [6.07, 6.45) is 0. The van der Waals surface area contributed by atoms with Crippen molar-refractivity contribution in [3.8, 4) is 16.8 Å². The molecule has 214 valence electrons. The first kappa shape index (κ1) is 24.1. The molecular weight excluding hydrogens is 566 g/mol. The number of hydrogen-bond donors (Lipinski definition) is 0. The molecule has 4 heterocycles. The van der Waals surface area contributed by atoms with E-state index in [1.807, 2.05) is 36.4 Å². The molecule has 4 heteroatoms. The second-order valence-electron chi connectivity index (χ2n) is 12.1. The lowest BCUT2D eigenvalue weighted by Crippen LogP contribution is -1.94. The van der Waals surface area contributed by atoms with Crippen molar-refractivity contribution in [3.63, 3.8) is 0 Å². The van der Waals surface area contributed by atoms with E-state index in [9.17, 15) is 0 Å². The van der Waals surface area contributed by atoms with Gasteiger partial charge in [-0.25, -0.2) is 0 Å². The Labute approximate surface area is 261 Å². The van der Waals surface area contributed by atoms with E-state index in [2.05, 4.69) is 108 Å². The predicted molar refractivity (Wildman–Crippen MR) is 188 cm³/mol. The third-order valence-corrected chi connectivity index (χ3v) is 9.58. The molecule has 11 rings (SSSR count). The van der Waals surface area contributed by atoms with E-state index in [0.717, 1.165) is 93.7 Å². The number of furan rings is 3. The smallest absolute Gasteiger partial charge is 0.137 e. The number of benzene rings is 7. The van der Waals surface area contributed by atoms with Gasteiger partial charge in [0.25, 0.3) is 0 Å². The second kappa shape index (κ2) is 8.68. The molecule has 11 aromatic rings. The van der Waals surface area contributed by atoms with Crippen molar-refractivity contribution < 1.29 is 13.3 Å². The number of nitrogens with zero attached hydrogens (tertiary/aromatic N) is 1. The number of aromatic nitrogens is 1. The highest BCUT2D eigenvalue weighted by atomic mass is 16.3. The molecule has 0 bridgehead atoms. The van der Waals surface area contributed by atoms with Gasteiger partial charge in [0.05, 0.1) is 11.0 Å². The fourth-order valence-corrected chi connectivity index (χ4v) is 7.46. The van der Waals surface area contributed by atoms with Gasteiger partial charge in [-0.15, -0.1) is 0 Å². The molecule has 0 aliphatic carbocycles. The molecule has 0 atom stereocenters. The summed E-state index contributed by atoms with van der Waals surface area (Å²) in [6.45, 7) is 0. The normalized spacial score (nSPS) is 12.3. The number of rotatable bonds is 2. The van der Waals surface area contributed by atoms with Crippen molar-refractivity contribution in [3.05, 3.63) is 140 Å². The van der Waals surface area contributed by atoms with Crippen molar-refractivity contribution >= 4 is 87.6 Å². The Morgan fingerprint density at radius 3 is 1.37 bits per heavy atom. The van der Waals surface area contributed by atoms with Gasteiger partial charge in [-0.2, -0.15) is 0 Å². The summed E-state index contributed by atoms with van der Waals surface area (Å²) >= 11 is 0. The van der Waals surface area contributed by atoms with Gasteiger partial charge in [-0.05, 0) is 65.7 Å². The predicted octanol–water partition coefficient (Wildman–Crippen LogP) is 12.1. The number of hydrogen-bond acceptors (Lipinski definition) is 3. The molecule has 0 radical (unpaired) electrons. The highest BCUT2D eigenvalue weighted by Crippen LogP contribution is 2.42. The summed E-state index contributed by atoms with van der Waals surface area (Å²) in [5, 5.41) is 9.09. The number of para-hydroxylation sites is 3. The molecule has 0 spiro atoms. The summed E-state index contributed by atoms with van der Waals surface area (Å²) < 4.78 is 21.2. The van der Waals surface area contributed by atoms with Crippen LogP contribution >= 0.6 is 0 Å². The fraction of sp³-hybridized carbons (Fsp3) is 0. The van der Waals surface area contributed by atoms with Crippen molar-refractivity contribution in [2.75, 3.05) is 0 Å². The van der Waals surface area contributed by atoms with E-state index in [4.69, 9.17) is 13.3 Å². The minimum atomic E-state index is 0.875. The first-order valence-corrected chi connectivity index (χ1v) is 15.5. The Morgan fingerprint density at radius 1 is 0.304 bits per heavy atom. The van der Waals surface area contributed by atoms with Crippen molar-refractivity contribution in [2.24, 2.45) is 0 Å². The van der Waals surface area contributed by atoms with Crippen LogP contribution in [0.2, 0.25) is 0 Å². The standard InChI is InChI=1S/C42H23NO3/c1-4-13-37-27(10-1)32-19-25(16-17-40(32)44-37)24-8-7-9-26(18-24)43-35-22-41-33(28-11-2-5-14-38(28)45-41)20-30(35)31-21-34-29-12-3-6-15-39(29)46-42(34)23-36(31)43/h1-23H. The van der Waals surface area contributed by atoms with E-state index in [1.165, 1.54) is 10.8 Å². The zero-order chi connectivity index (χ0) is 29.9. The highest BCUT2D eigenvalue weighted by molar-refractivity contribution is 6.21. The van der Waals surface area contributed by atoms with Gasteiger partial charge < -0.3 is 17.8 Å². The maximum absolute atomic E-state index is 6.39. The quantitative estimate of drug-likeness (QED) is 0.201. The molecule has 7 aromatic carbocycles. The summed E-state index contributed by atoms with van der Waals surface area (Å²) in [4.78, 5) is 0. The van der Waals surface area contributed by atoms with Crippen LogP contribution in [0.3, 0.4) is 0 Å². The van der Waals surface area contributed by atoms with Gasteiger partial charge in [-0.1, -0.05) is 72.8 Å². The summed E-state index contributed by atoms with van der Waals surface area (Å²) in [5.74, 6) is 0. The van der Waals surface area contributed by atoms with Gasteiger partial charge >= 0.3 is 0 Å². The lowest BCUT2D eigenvalue weighted by atomic mass is 10.0. The highest BCUT2D eigenvalue weighted by Gasteiger charge is 2.19. The van der Waals surface area contributed by atoms with Gasteiger partial charge in [0.1, 0.15) is 33.5 Å². The molecule has 0 aliphatic heterocycles. The zero-order valence-electron chi connectivity index (χ0n) is 24.5. The summed E-state index contributed by atoms with van der Waals surface area (Å²) in [7, 11) is 0. The van der Waals surface area contributed by atoms with Crippen LogP contribution < -0.4 is 0 Å². The van der Waals surface area contributed by atoms with Gasteiger partial charge in [0.2, 0.25) is 0 Å². The maximum atomic E-state index is 6.39. The van der Waals surface area contributed by atoms with Crippen LogP contribution in [0.4, 0.5) is 0 Å². The number of fused-ring (bicyclic) bond motifs is 12. The molecule has 0 saturated heterocycles. The molecule has 0 saturated carbocycles. The Hall–Kier alpha value is -6.26. The largest absolute Gasteiger partial charge is 0.456 e. The van der Waals surface area contributed by atoms with E-state index in [1.54, 1.807) is 0 Å². The van der Waals surface area contributed by atoms with E-state index < -0.39 is 0 Å². The van der Waals surface area contributed by atoms with Gasteiger partial charge in [0, 0.05) is 60.9 Å². The Morgan fingerprint density at radius 2 is 0.783 bits per heavy atom. The summed E-state index contributed by atoms with van der Waals surface area (Å²) in [5.41, 5.74) is 10.9. The average Bonchev–Trinajstić information content (AvgIpc) is 3.84. The van der Waals surface area contributed by atoms with Crippen molar-refractivity contribution in [1.82, 2.24) is 4.57 Å². The SMILES string of the molecule is c1cc(-c2ccc3oc4ccccc4c3c2)cc(-n2c3cc4oc5ccccc5c4cc3c3cc4c(cc32)oc2ccccc24)c1. The molecule has 0 unspecified atom stereocenters.